The van der Waals surface area contributed by atoms with E-state index in [0.29, 0.717) is 22.2 Å². The maximum Gasteiger partial charge on any atom is 0.339 e. The van der Waals surface area contributed by atoms with Gasteiger partial charge in [0.1, 0.15) is 5.00 Å². The van der Waals surface area contributed by atoms with Gasteiger partial charge in [0.25, 0.3) is 0 Å². The Morgan fingerprint density at radius 3 is 2.77 bits per heavy atom. The molecular weight excluding hydrogens is 316 g/mol. The van der Waals surface area contributed by atoms with Crippen LogP contribution in [0.2, 0.25) is 0 Å². The fraction of sp³-hybridized carbons (Fsp3) is 0.250. The highest BCUT2D eigenvalue weighted by Gasteiger charge is 2.26. The molecule has 6 heteroatoms. The van der Waals surface area contributed by atoms with E-state index in [9.17, 15) is 9.90 Å². The molecule has 1 aromatic carbocycles. The van der Waals surface area contributed by atoms with Crippen LogP contribution in [-0.4, -0.2) is 16.2 Å². The predicted octanol–water partition coefficient (Wildman–Crippen LogP) is 3.42. The molecule has 3 rings (SSSR count). The van der Waals surface area contributed by atoms with E-state index in [1.807, 2.05) is 30.3 Å². The molecule has 0 saturated heterocycles. The number of aryl methyl sites for hydroxylation is 1. The van der Waals surface area contributed by atoms with Gasteiger partial charge in [-0.15, -0.1) is 11.3 Å². The maximum absolute atomic E-state index is 11.5. The Morgan fingerprint density at radius 1 is 1.27 bits per heavy atom. The molecule has 0 atom stereocenters. The summed E-state index contributed by atoms with van der Waals surface area (Å²) in [6.45, 7) is 0.611. The number of thiocarbonyl (C=S) groups is 1. The molecule has 1 aliphatic carbocycles. The molecule has 0 bridgehead atoms. The van der Waals surface area contributed by atoms with Crippen molar-refractivity contribution in [3.05, 3.63) is 51.9 Å². The third kappa shape index (κ3) is 3.13. The highest BCUT2D eigenvalue weighted by atomic mass is 32.1. The largest absolute Gasteiger partial charge is 0.478 e. The number of carboxylic acids is 1. The zero-order chi connectivity index (χ0) is 15.5. The summed E-state index contributed by atoms with van der Waals surface area (Å²) in [6, 6.07) is 9.93. The number of thiophene rings is 1. The lowest BCUT2D eigenvalue weighted by molar-refractivity contribution is 0.0697. The molecule has 0 amide bonds. The second-order valence-electron chi connectivity index (χ2n) is 5.16. The summed E-state index contributed by atoms with van der Waals surface area (Å²) in [7, 11) is 0. The van der Waals surface area contributed by atoms with Crippen LogP contribution in [-0.2, 0) is 19.4 Å². The molecule has 0 aliphatic heterocycles. The van der Waals surface area contributed by atoms with E-state index in [1.165, 1.54) is 16.2 Å². The van der Waals surface area contributed by atoms with E-state index in [4.69, 9.17) is 12.2 Å². The van der Waals surface area contributed by atoms with Gasteiger partial charge in [-0.2, -0.15) is 0 Å². The van der Waals surface area contributed by atoms with E-state index in [1.54, 1.807) is 0 Å². The molecular formula is C16H16N2O2S2. The zero-order valence-corrected chi connectivity index (χ0v) is 13.5. The lowest BCUT2D eigenvalue weighted by Gasteiger charge is -2.10. The molecule has 114 valence electrons. The van der Waals surface area contributed by atoms with Gasteiger partial charge in [0.05, 0.1) is 5.56 Å². The summed E-state index contributed by atoms with van der Waals surface area (Å²) >= 11 is 6.79. The van der Waals surface area contributed by atoms with Crippen LogP contribution in [0.25, 0.3) is 0 Å². The number of carboxylic acid groups (broad SMARTS) is 1. The lowest BCUT2D eigenvalue weighted by Crippen LogP contribution is -2.28. The molecule has 0 fully saturated rings. The Bertz CT molecular complexity index is 710. The van der Waals surface area contributed by atoms with Crippen LogP contribution < -0.4 is 10.6 Å². The van der Waals surface area contributed by atoms with E-state index in [-0.39, 0.29) is 0 Å². The summed E-state index contributed by atoms with van der Waals surface area (Å²) in [5.74, 6) is -0.882. The van der Waals surface area contributed by atoms with Crippen molar-refractivity contribution in [2.45, 2.75) is 25.8 Å². The average molecular weight is 332 g/mol. The van der Waals surface area contributed by atoms with Gasteiger partial charge in [-0.1, -0.05) is 30.3 Å². The molecule has 1 aromatic heterocycles. The molecule has 1 heterocycles. The number of benzene rings is 1. The van der Waals surface area contributed by atoms with Crippen LogP contribution in [0.5, 0.6) is 0 Å². The fourth-order valence-electron chi connectivity index (χ4n) is 2.64. The number of aromatic carboxylic acids is 1. The van der Waals surface area contributed by atoms with E-state index in [2.05, 4.69) is 10.6 Å². The van der Waals surface area contributed by atoms with Crippen LogP contribution in [0.4, 0.5) is 5.00 Å². The first-order valence-corrected chi connectivity index (χ1v) is 8.34. The lowest BCUT2D eigenvalue weighted by atomic mass is 10.1. The van der Waals surface area contributed by atoms with Crippen LogP contribution in [0.3, 0.4) is 0 Å². The van der Waals surface area contributed by atoms with Crippen molar-refractivity contribution in [3.63, 3.8) is 0 Å². The molecule has 3 N–H and O–H groups in total. The Morgan fingerprint density at radius 2 is 2.05 bits per heavy atom. The standard InChI is InChI=1S/C16H16N2O2S2/c19-15(20)13-11-7-4-8-12(11)22-14(13)18-16(21)17-9-10-5-2-1-3-6-10/h1-3,5-6H,4,7-9H2,(H,19,20)(H2,17,18,21). The Hall–Kier alpha value is -1.92. The summed E-state index contributed by atoms with van der Waals surface area (Å²) in [6.07, 6.45) is 2.85. The highest BCUT2D eigenvalue weighted by Crippen LogP contribution is 2.38. The average Bonchev–Trinajstić information content (AvgIpc) is 3.06. The number of rotatable bonds is 4. The second kappa shape index (κ2) is 6.46. The highest BCUT2D eigenvalue weighted by molar-refractivity contribution is 7.80. The SMILES string of the molecule is O=C(O)c1c(NC(=S)NCc2ccccc2)sc2c1CCC2. The Balaban J connectivity index is 1.68. The van der Waals surface area contributed by atoms with Crippen LogP contribution in [0, 0.1) is 0 Å². The maximum atomic E-state index is 11.5. The van der Waals surface area contributed by atoms with Gasteiger partial charge >= 0.3 is 5.97 Å². The van der Waals surface area contributed by atoms with Gasteiger partial charge in [0.2, 0.25) is 0 Å². The number of carbonyl (C=O) groups is 1. The summed E-state index contributed by atoms with van der Waals surface area (Å²) in [5, 5.41) is 16.7. The van der Waals surface area contributed by atoms with Crippen molar-refractivity contribution < 1.29 is 9.90 Å². The van der Waals surface area contributed by atoms with Gasteiger partial charge in [0.15, 0.2) is 5.11 Å². The third-order valence-corrected chi connectivity index (χ3v) is 5.11. The molecule has 0 spiro atoms. The van der Waals surface area contributed by atoms with E-state index < -0.39 is 5.97 Å². The molecule has 0 unspecified atom stereocenters. The van der Waals surface area contributed by atoms with Crippen molar-refractivity contribution in [2.75, 3.05) is 5.32 Å². The van der Waals surface area contributed by atoms with Crippen LogP contribution in [0.1, 0.15) is 32.8 Å². The van der Waals surface area contributed by atoms with Gasteiger partial charge in [-0.3, -0.25) is 0 Å². The van der Waals surface area contributed by atoms with Gasteiger partial charge in [0, 0.05) is 11.4 Å². The predicted molar refractivity (Wildman–Crippen MR) is 92.8 cm³/mol. The number of fused-ring (bicyclic) bond motifs is 1. The zero-order valence-electron chi connectivity index (χ0n) is 11.9. The van der Waals surface area contributed by atoms with Crippen molar-refractivity contribution in [3.8, 4) is 0 Å². The van der Waals surface area contributed by atoms with Crippen LogP contribution in [0.15, 0.2) is 30.3 Å². The number of hydrogen-bond acceptors (Lipinski definition) is 3. The first-order chi connectivity index (χ1) is 10.6. The molecule has 0 saturated carbocycles. The fourth-order valence-corrected chi connectivity index (χ4v) is 4.17. The number of anilines is 1. The van der Waals surface area contributed by atoms with E-state index >= 15 is 0 Å². The summed E-state index contributed by atoms with van der Waals surface area (Å²) < 4.78 is 0. The van der Waals surface area contributed by atoms with Crippen molar-refractivity contribution >= 4 is 39.6 Å². The quantitative estimate of drug-likeness (QED) is 0.749. The molecule has 22 heavy (non-hydrogen) atoms. The van der Waals surface area contributed by atoms with Gasteiger partial charge in [-0.05, 0) is 42.6 Å². The normalized spacial score (nSPS) is 12.7. The van der Waals surface area contributed by atoms with E-state index in [0.717, 1.165) is 30.4 Å². The van der Waals surface area contributed by atoms with Gasteiger partial charge in [-0.25, -0.2) is 4.79 Å². The van der Waals surface area contributed by atoms with Crippen LogP contribution >= 0.6 is 23.6 Å². The Labute approximate surface area is 138 Å². The third-order valence-electron chi connectivity index (χ3n) is 3.66. The minimum Gasteiger partial charge on any atom is -0.478 e. The first-order valence-electron chi connectivity index (χ1n) is 7.12. The number of hydrogen-bond donors (Lipinski definition) is 3. The van der Waals surface area contributed by atoms with Gasteiger partial charge < -0.3 is 15.7 Å². The monoisotopic (exact) mass is 332 g/mol. The molecule has 4 nitrogen and oxygen atoms in total. The minimum absolute atomic E-state index is 0.390. The second-order valence-corrected chi connectivity index (χ2v) is 6.67. The van der Waals surface area contributed by atoms with Crippen molar-refractivity contribution in [2.24, 2.45) is 0 Å². The molecule has 0 radical (unpaired) electrons. The minimum atomic E-state index is -0.882. The topological polar surface area (TPSA) is 61.4 Å². The first kappa shape index (κ1) is 15.0. The summed E-state index contributed by atoms with van der Waals surface area (Å²) in [5.41, 5.74) is 2.49. The molecule has 2 aromatic rings. The van der Waals surface area contributed by atoms with Crippen molar-refractivity contribution in [1.29, 1.82) is 0 Å². The smallest absolute Gasteiger partial charge is 0.339 e. The number of nitrogens with one attached hydrogen (secondary N) is 2. The summed E-state index contributed by atoms with van der Waals surface area (Å²) in [4.78, 5) is 12.7. The van der Waals surface area contributed by atoms with Crippen molar-refractivity contribution in [1.82, 2.24) is 5.32 Å². The molecule has 1 aliphatic rings. The Kier molecular flexibility index (Phi) is 4.40.